The number of benzene rings is 1. The van der Waals surface area contributed by atoms with Gasteiger partial charge in [-0.2, -0.15) is 0 Å². The second kappa shape index (κ2) is 5.64. The molecule has 1 spiro atoms. The first kappa shape index (κ1) is 13.7. The van der Waals surface area contributed by atoms with E-state index in [1.807, 2.05) is 11.8 Å². The summed E-state index contributed by atoms with van der Waals surface area (Å²) in [5, 5.41) is 4.57. The van der Waals surface area contributed by atoms with Gasteiger partial charge in [0.2, 0.25) is 0 Å². The lowest BCUT2D eigenvalue weighted by Crippen LogP contribution is -2.32. The first-order valence-electron chi connectivity index (χ1n) is 6.90. The molecule has 102 valence electrons. The van der Waals surface area contributed by atoms with Crippen LogP contribution in [0.3, 0.4) is 0 Å². The van der Waals surface area contributed by atoms with Crippen molar-refractivity contribution in [2.45, 2.75) is 38.1 Å². The average Bonchev–Trinajstić information content (AvgIpc) is 2.80. The zero-order chi connectivity index (χ0) is 13.3. The maximum atomic E-state index is 5.00. The Morgan fingerprint density at radius 2 is 1.95 bits per heavy atom. The second-order valence-electron chi connectivity index (χ2n) is 5.74. The van der Waals surface area contributed by atoms with Crippen molar-refractivity contribution in [1.82, 2.24) is 0 Å². The Morgan fingerprint density at radius 1 is 1.26 bits per heavy atom. The Hall–Kier alpha value is -0.230. The van der Waals surface area contributed by atoms with E-state index in [-0.39, 0.29) is 5.54 Å². The van der Waals surface area contributed by atoms with E-state index in [1.54, 1.807) is 0 Å². The van der Waals surface area contributed by atoms with Gasteiger partial charge < -0.3 is 5.32 Å². The smallest absolute Gasteiger partial charge is 0.161 e. The quantitative estimate of drug-likeness (QED) is 0.705. The Morgan fingerprint density at radius 3 is 2.63 bits per heavy atom. The van der Waals surface area contributed by atoms with Gasteiger partial charge in [0, 0.05) is 15.0 Å². The van der Waals surface area contributed by atoms with Gasteiger partial charge in [-0.1, -0.05) is 18.7 Å². The van der Waals surface area contributed by atoms with E-state index in [0.717, 1.165) is 22.5 Å². The van der Waals surface area contributed by atoms with E-state index < -0.39 is 0 Å². The number of nitrogens with one attached hydrogen (secondary N) is 1. The standard InChI is InChI=1S/C15H19IN2S/c1-11-6-8-15(9-7-11)10-19-14(18-15)17-13-4-2-12(16)3-5-13/h2-5,11H,6-10H2,1H3,(H,17,18). The zero-order valence-corrected chi connectivity index (χ0v) is 14.1. The second-order valence-corrected chi connectivity index (χ2v) is 7.95. The highest BCUT2D eigenvalue weighted by Crippen LogP contribution is 2.41. The van der Waals surface area contributed by atoms with E-state index in [4.69, 9.17) is 4.99 Å². The lowest BCUT2D eigenvalue weighted by Gasteiger charge is -2.32. The molecule has 1 N–H and O–H groups in total. The van der Waals surface area contributed by atoms with Crippen molar-refractivity contribution in [2.75, 3.05) is 11.1 Å². The fourth-order valence-electron chi connectivity index (χ4n) is 2.76. The summed E-state index contributed by atoms with van der Waals surface area (Å²) in [7, 11) is 0. The van der Waals surface area contributed by atoms with Crippen LogP contribution in [0.4, 0.5) is 5.69 Å². The number of thioether (sulfide) groups is 1. The van der Waals surface area contributed by atoms with Crippen molar-refractivity contribution < 1.29 is 0 Å². The Balaban J connectivity index is 1.68. The number of hydrogen-bond acceptors (Lipinski definition) is 3. The van der Waals surface area contributed by atoms with Crippen molar-refractivity contribution in [1.29, 1.82) is 0 Å². The van der Waals surface area contributed by atoms with Crippen LogP contribution in [0.15, 0.2) is 29.3 Å². The molecule has 4 heteroatoms. The summed E-state index contributed by atoms with van der Waals surface area (Å²) >= 11 is 4.21. The van der Waals surface area contributed by atoms with Crippen LogP contribution in [-0.4, -0.2) is 16.5 Å². The molecule has 0 bridgehead atoms. The largest absolute Gasteiger partial charge is 0.335 e. The molecule has 1 heterocycles. The summed E-state index contributed by atoms with van der Waals surface area (Å²) in [5.41, 5.74) is 1.39. The van der Waals surface area contributed by atoms with Crippen LogP contribution in [0.1, 0.15) is 32.6 Å². The third-order valence-corrected chi connectivity index (χ3v) is 5.98. The maximum absolute atomic E-state index is 5.00. The van der Waals surface area contributed by atoms with Crippen LogP contribution >= 0.6 is 34.4 Å². The molecule has 0 unspecified atom stereocenters. The van der Waals surface area contributed by atoms with Gasteiger partial charge in [0.05, 0.1) is 5.54 Å². The van der Waals surface area contributed by atoms with Crippen molar-refractivity contribution in [3.63, 3.8) is 0 Å². The summed E-state index contributed by atoms with van der Waals surface area (Å²) < 4.78 is 1.27. The lowest BCUT2D eigenvalue weighted by atomic mass is 9.79. The molecule has 1 aromatic rings. The van der Waals surface area contributed by atoms with Crippen molar-refractivity contribution in [2.24, 2.45) is 10.9 Å². The van der Waals surface area contributed by atoms with Crippen molar-refractivity contribution in [3.8, 4) is 0 Å². The normalized spacial score (nSPS) is 30.4. The lowest BCUT2D eigenvalue weighted by molar-refractivity contribution is 0.273. The van der Waals surface area contributed by atoms with Gasteiger partial charge in [0.15, 0.2) is 5.17 Å². The topological polar surface area (TPSA) is 24.4 Å². The SMILES string of the molecule is CC1CCC2(CC1)CSC(Nc1ccc(I)cc1)=N2. The van der Waals surface area contributed by atoms with E-state index in [2.05, 4.69) is 59.1 Å². The Bertz CT molecular complexity index is 475. The molecule has 0 atom stereocenters. The van der Waals surface area contributed by atoms with Gasteiger partial charge in [-0.05, 0) is 78.5 Å². The number of anilines is 1. The summed E-state index contributed by atoms with van der Waals surface area (Å²) in [6.07, 6.45) is 5.19. The molecule has 3 rings (SSSR count). The molecular formula is C15H19IN2S. The predicted molar refractivity (Wildman–Crippen MR) is 93.0 cm³/mol. The molecule has 1 saturated carbocycles. The molecule has 1 fully saturated rings. The van der Waals surface area contributed by atoms with Gasteiger partial charge in [0.25, 0.3) is 0 Å². The fourth-order valence-corrected chi connectivity index (χ4v) is 4.33. The predicted octanol–water partition coefficient (Wildman–Crippen LogP) is 4.75. The number of amidine groups is 1. The summed E-state index contributed by atoms with van der Waals surface area (Å²) in [6.45, 7) is 2.36. The first-order valence-corrected chi connectivity index (χ1v) is 8.97. The molecule has 0 amide bonds. The molecule has 0 radical (unpaired) electrons. The minimum absolute atomic E-state index is 0.239. The number of halogens is 1. The third-order valence-electron chi connectivity index (χ3n) is 4.12. The highest BCUT2D eigenvalue weighted by Gasteiger charge is 2.38. The third kappa shape index (κ3) is 3.27. The molecule has 19 heavy (non-hydrogen) atoms. The number of rotatable bonds is 1. The average molecular weight is 386 g/mol. The molecule has 0 saturated heterocycles. The maximum Gasteiger partial charge on any atom is 0.161 e. The summed E-state index contributed by atoms with van der Waals surface area (Å²) in [6, 6.07) is 8.50. The van der Waals surface area contributed by atoms with Crippen LogP contribution in [0, 0.1) is 9.49 Å². The van der Waals surface area contributed by atoms with Crippen LogP contribution in [0.2, 0.25) is 0 Å². The van der Waals surface area contributed by atoms with Crippen molar-refractivity contribution >= 4 is 45.2 Å². The van der Waals surface area contributed by atoms with Gasteiger partial charge >= 0.3 is 0 Å². The van der Waals surface area contributed by atoms with Gasteiger partial charge in [-0.25, -0.2) is 0 Å². The molecular weight excluding hydrogens is 367 g/mol. The number of aliphatic imine (C=N–C) groups is 1. The minimum Gasteiger partial charge on any atom is -0.335 e. The molecule has 1 aromatic carbocycles. The van der Waals surface area contributed by atoms with Gasteiger partial charge in [0.1, 0.15) is 0 Å². The van der Waals surface area contributed by atoms with Crippen LogP contribution in [-0.2, 0) is 0 Å². The molecule has 2 aliphatic rings. The minimum atomic E-state index is 0.239. The van der Waals surface area contributed by atoms with E-state index in [9.17, 15) is 0 Å². The van der Waals surface area contributed by atoms with E-state index in [1.165, 1.54) is 29.3 Å². The Kier molecular flexibility index (Phi) is 4.08. The summed E-state index contributed by atoms with van der Waals surface area (Å²) in [5.74, 6) is 2.05. The first-order chi connectivity index (χ1) is 9.15. The van der Waals surface area contributed by atoms with E-state index >= 15 is 0 Å². The molecule has 1 aliphatic heterocycles. The number of hydrogen-bond donors (Lipinski definition) is 1. The zero-order valence-electron chi connectivity index (χ0n) is 11.2. The van der Waals surface area contributed by atoms with Crippen molar-refractivity contribution in [3.05, 3.63) is 27.8 Å². The van der Waals surface area contributed by atoms with Crippen LogP contribution in [0.5, 0.6) is 0 Å². The monoisotopic (exact) mass is 386 g/mol. The van der Waals surface area contributed by atoms with Crippen LogP contribution < -0.4 is 5.32 Å². The fraction of sp³-hybridized carbons (Fsp3) is 0.533. The van der Waals surface area contributed by atoms with E-state index in [0.29, 0.717) is 0 Å². The number of nitrogens with zero attached hydrogens (tertiary/aromatic N) is 1. The molecule has 2 nitrogen and oxygen atoms in total. The molecule has 1 aliphatic carbocycles. The summed E-state index contributed by atoms with van der Waals surface area (Å²) in [4.78, 5) is 5.00. The molecule has 0 aromatic heterocycles. The van der Waals surface area contributed by atoms with Gasteiger partial charge in [-0.3, -0.25) is 4.99 Å². The Labute approximate surface area is 133 Å². The highest BCUT2D eigenvalue weighted by atomic mass is 127. The van der Waals surface area contributed by atoms with Crippen LogP contribution in [0.25, 0.3) is 0 Å². The highest BCUT2D eigenvalue weighted by molar-refractivity contribution is 14.1. The van der Waals surface area contributed by atoms with Gasteiger partial charge in [-0.15, -0.1) is 0 Å².